The van der Waals surface area contributed by atoms with Crippen LogP contribution < -0.4 is 5.32 Å². The molecule has 0 saturated heterocycles. The van der Waals surface area contributed by atoms with Gasteiger partial charge in [0.1, 0.15) is 0 Å². The minimum Gasteiger partial charge on any atom is -0.393 e. The minimum atomic E-state index is -0.165. The maximum Gasteiger partial charge on any atom is 0.222 e. The topological polar surface area (TPSA) is 58.6 Å². The van der Waals surface area contributed by atoms with Crippen LogP contribution in [0, 0.1) is 0 Å². The van der Waals surface area contributed by atoms with E-state index in [0.717, 1.165) is 25.7 Å². The van der Waals surface area contributed by atoms with E-state index in [4.69, 9.17) is 4.74 Å². The molecular weight excluding hydrogens is 194 g/mol. The van der Waals surface area contributed by atoms with Crippen molar-refractivity contribution >= 4 is 5.91 Å². The Morgan fingerprint density at radius 3 is 2.67 bits per heavy atom. The first-order valence-corrected chi connectivity index (χ1v) is 5.77. The highest BCUT2D eigenvalue weighted by molar-refractivity contribution is 5.76. The monoisotopic (exact) mass is 215 g/mol. The van der Waals surface area contributed by atoms with E-state index in [1.165, 1.54) is 0 Å². The fourth-order valence-corrected chi connectivity index (χ4v) is 1.83. The quantitative estimate of drug-likeness (QED) is 0.668. The highest BCUT2D eigenvalue weighted by atomic mass is 16.5. The van der Waals surface area contributed by atoms with Crippen molar-refractivity contribution in [3.8, 4) is 0 Å². The molecule has 4 heteroatoms. The Morgan fingerprint density at radius 1 is 1.40 bits per heavy atom. The fourth-order valence-electron chi connectivity index (χ4n) is 1.83. The standard InChI is InChI=1S/C11H21NO3/c1-2-15-8-7-11(14)12-9-3-5-10(13)6-4-9/h9-10,13H,2-8H2,1H3,(H,12,14). The first-order valence-electron chi connectivity index (χ1n) is 5.77. The summed E-state index contributed by atoms with van der Waals surface area (Å²) in [6, 6.07) is 0.252. The highest BCUT2D eigenvalue weighted by Gasteiger charge is 2.20. The van der Waals surface area contributed by atoms with Crippen molar-refractivity contribution in [1.29, 1.82) is 0 Å². The summed E-state index contributed by atoms with van der Waals surface area (Å²) < 4.78 is 5.11. The number of ether oxygens (including phenoxy) is 1. The van der Waals surface area contributed by atoms with E-state index in [2.05, 4.69) is 5.32 Å². The van der Waals surface area contributed by atoms with Crippen molar-refractivity contribution in [1.82, 2.24) is 5.32 Å². The minimum absolute atomic E-state index is 0.0600. The van der Waals surface area contributed by atoms with Crippen molar-refractivity contribution in [3.63, 3.8) is 0 Å². The first-order chi connectivity index (χ1) is 7.22. The van der Waals surface area contributed by atoms with Crippen LogP contribution in [0.2, 0.25) is 0 Å². The summed E-state index contributed by atoms with van der Waals surface area (Å²) in [5.74, 6) is 0.0600. The smallest absolute Gasteiger partial charge is 0.222 e. The number of hydrogen-bond donors (Lipinski definition) is 2. The molecule has 0 heterocycles. The van der Waals surface area contributed by atoms with Gasteiger partial charge in [0.15, 0.2) is 0 Å². The van der Waals surface area contributed by atoms with Gasteiger partial charge in [0, 0.05) is 19.1 Å². The predicted molar refractivity (Wildman–Crippen MR) is 57.5 cm³/mol. The Hall–Kier alpha value is -0.610. The number of carbonyl (C=O) groups excluding carboxylic acids is 1. The number of nitrogens with one attached hydrogen (secondary N) is 1. The van der Waals surface area contributed by atoms with Gasteiger partial charge in [-0.15, -0.1) is 0 Å². The van der Waals surface area contributed by atoms with Crippen LogP contribution in [0.25, 0.3) is 0 Å². The number of amides is 1. The largest absolute Gasteiger partial charge is 0.393 e. The van der Waals surface area contributed by atoms with Crippen LogP contribution in [-0.4, -0.2) is 36.4 Å². The van der Waals surface area contributed by atoms with E-state index in [0.29, 0.717) is 19.6 Å². The zero-order chi connectivity index (χ0) is 11.1. The Labute approximate surface area is 91.0 Å². The van der Waals surface area contributed by atoms with E-state index in [1.54, 1.807) is 0 Å². The molecule has 0 aromatic rings. The van der Waals surface area contributed by atoms with Gasteiger partial charge in [0.2, 0.25) is 5.91 Å². The van der Waals surface area contributed by atoms with Gasteiger partial charge >= 0.3 is 0 Å². The maximum atomic E-state index is 11.4. The van der Waals surface area contributed by atoms with Gasteiger partial charge in [-0.1, -0.05) is 0 Å². The number of rotatable bonds is 5. The lowest BCUT2D eigenvalue weighted by Crippen LogP contribution is -2.38. The van der Waals surface area contributed by atoms with E-state index < -0.39 is 0 Å². The average molecular weight is 215 g/mol. The van der Waals surface area contributed by atoms with Crippen molar-refractivity contribution in [2.75, 3.05) is 13.2 Å². The lowest BCUT2D eigenvalue weighted by Gasteiger charge is -2.26. The molecule has 1 saturated carbocycles. The molecule has 0 atom stereocenters. The van der Waals surface area contributed by atoms with Gasteiger partial charge in [-0.2, -0.15) is 0 Å². The zero-order valence-corrected chi connectivity index (χ0v) is 9.37. The Kier molecular flexibility index (Phi) is 5.65. The Balaban J connectivity index is 2.09. The molecule has 1 amide bonds. The average Bonchev–Trinajstić information content (AvgIpc) is 2.22. The van der Waals surface area contributed by atoms with Crippen LogP contribution in [0.4, 0.5) is 0 Å². The summed E-state index contributed by atoms with van der Waals surface area (Å²) in [4.78, 5) is 11.4. The maximum absolute atomic E-state index is 11.4. The van der Waals surface area contributed by atoms with Crippen LogP contribution in [0.3, 0.4) is 0 Å². The molecule has 0 radical (unpaired) electrons. The van der Waals surface area contributed by atoms with Gasteiger partial charge in [-0.3, -0.25) is 4.79 Å². The van der Waals surface area contributed by atoms with Crippen LogP contribution in [-0.2, 0) is 9.53 Å². The SMILES string of the molecule is CCOCCC(=O)NC1CCC(O)CC1. The summed E-state index contributed by atoms with van der Waals surface area (Å²) >= 11 is 0. The third-order valence-corrected chi connectivity index (χ3v) is 2.74. The lowest BCUT2D eigenvalue weighted by atomic mass is 9.93. The fraction of sp³-hybridized carbons (Fsp3) is 0.909. The van der Waals surface area contributed by atoms with Crippen LogP contribution in [0.15, 0.2) is 0 Å². The second kappa shape index (κ2) is 6.80. The van der Waals surface area contributed by atoms with Crippen LogP contribution >= 0.6 is 0 Å². The number of hydrogen-bond acceptors (Lipinski definition) is 3. The molecule has 1 aliphatic carbocycles. The predicted octanol–water partition coefficient (Wildman–Crippen LogP) is 0.833. The normalized spacial score (nSPS) is 26.3. The molecule has 88 valence electrons. The Bertz CT molecular complexity index is 188. The summed E-state index contributed by atoms with van der Waals surface area (Å²) in [5, 5.41) is 12.3. The van der Waals surface area contributed by atoms with Crippen molar-refractivity contribution in [2.24, 2.45) is 0 Å². The molecule has 0 unspecified atom stereocenters. The molecule has 0 aliphatic heterocycles. The molecule has 4 nitrogen and oxygen atoms in total. The summed E-state index contributed by atoms with van der Waals surface area (Å²) in [5.41, 5.74) is 0. The number of carbonyl (C=O) groups is 1. The Morgan fingerprint density at radius 2 is 2.07 bits per heavy atom. The molecule has 15 heavy (non-hydrogen) atoms. The number of aliphatic hydroxyl groups excluding tert-OH is 1. The summed E-state index contributed by atoms with van der Waals surface area (Å²) in [7, 11) is 0. The molecule has 1 aliphatic rings. The van der Waals surface area contributed by atoms with Gasteiger partial charge in [-0.05, 0) is 32.6 Å². The molecular formula is C11H21NO3. The molecule has 2 N–H and O–H groups in total. The van der Waals surface area contributed by atoms with Gasteiger partial charge in [-0.25, -0.2) is 0 Å². The zero-order valence-electron chi connectivity index (χ0n) is 9.37. The van der Waals surface area contributed by atoms with Gasteiger partial charge < -0.3 is 15.2 Å². The molecule has 0 spiro atoms. The highest BCUT2D eigenvalue weighted by Crippen LogP contribution is 2.18. The third-order valence-electron chi connectivity index (χ3n) is 2.74. The van der Waals surface area contributed by atoms with Crippen LogP contribution in [0.1, 0.15) is 39.0 Å². The van der Waals surface area contributed by atoms with E-state index in [1.807, 2.05) is 6.92 Å². The second-order valence-electron chi connectivity index (χ2n) is 4.02. The van der Waals surface area contributed by atoms with E-state index >= 15 is 0 Å². The molecule has 1 fully saturated rings. The van der Waals surface area contributed by atoms with E-state index in [-0.39, 0.29) is 18.1 Å². The third kappa shape index (κ3) is 5.14. The molecule has 0 aromatic carbocycles. The lowest BCUT2D eigenvalue weighted by molar-refractivity contribution is -0.123. The number of aliphatic hydroxyl groups is 1. The molecule has 1 rings (SSSR count). The van der Waals surface area contributed by atoms with Gasteiger partial charge in [0.25, 0.3) is 0 Å². The van der Waals surface area contributed by atoms with E-state index in [9.17, 15) is 9.90 Å². The molecule has 0 bridgehead atoms. The molecule has 0 aromatic heterocycles. The first kappa shape index (κ1) is 12.5. The van der Waals surface area contributed by atoms with Crippen molar-refractivity contribution < 1.29 is 14.6 Å². The van der Waals surface area contributed by atoms with Crippen molar-refractivity contribution in [3.05, 3.63) is 0 Å². The summed E-state index contributed by atoms with van der Waals surface area (Å²) in [6.07, 6.45) is 3.66. The second-order valence-corrected chi connectivity index (χ2v) is 4.02. The van der Waals surface area contributed by atoms with Crippen molar-refractivity contribution in [2.45, 2.75) is 51.2 Å². The van der Waals surface area contributed by atoms with Gasteiger partial charge in [0.05, 0.1) is 12.7 Å². The van der Waals surface area contributed by atoms with Crippen LogP contribution in [0.5, 0.6) is 0 Å². The summed E-state index contributed by atoms with van der Waals surface area (Å²) in [6.45, 7) is 3.07.